The third kappa shape index (κ3) is 3.25. The van der Waals surface area contributed by atoms with E-state index in [1.165, 1.54) is 29.7 Å². The number of aromatic amines is 1. The van der Waals surface area contributed by atoms with Gasteiger partial charge in [-0.15, -0.1) is 0 Å². The van der Waals surface area contributed by atoms with E-state index >= 15 is 0 Å². The number of carbonyl (C=O) groups excluding carboxylic acids is 1. The maximum Gasteiger partial charge on any atom is 0.261 e. The van der Waals surface area contributed by atoms with Crippen LogP contribution in [0.2, 0.25) is 0 Å². The first-order valence-electron chi connectivity index (χ1n) is 9.07. The van der Waals surface area contributed by atoms with Crippen LogP contribution < -0.4 is 5.56 Å². The molecule has 0 saturated carbocycles. The van der Waals surface area contributed by atoms with E-state index in [4.69, 9.17) is 12.2 Å². The molecule has 1 aliphatic rings. The Morgan fingerprint density at radius 2 is 2.00 bits per heavy atom. The molecule has 1 atom stereocenters. The Morgan fingerprint density at radius 3 is 2.72 bits per heavy atom. The number of nitrogens with zero attached hydrogens (tertiary/aromatic N) is 2. The topological polar surface area (TPSA) is 78.3 Å². The highest BCUT2D eigenvalue weighted by Crippen LogP contribution is 2.37. The molecule has 1 aliphatic heterocycles. The normalized spacial score (nSPS) is 15.8. The molecule has 8 heteroatoms. The Kier molecular flexibility index (Phi) is 4.79. The van der Waals surface area contributed by atoms with Crippen LogP contribution in [0.3, 0.4) is 0 Å². The van der Waals surface area contributed by atoms with Crippen LogP contribution in [0.1, 0.15) is 29.7 Å². The van der Waals surface area contributed by atoms with Crippen molar-refractivity contribution in [2.24, 2.45) is 0 Å². The van der Waals surface area contributed by atoms with Gasteiger partial charge >= 0.3 is 0 Å². The number of H-pyrrole nitrogens is 1. The number of benzene rings is 2. The Hall–Kier alpha value is -3.26. The molecule has 148 valence electrons. The van der Waals surface area contributed by atoms with Crippen LogP contribution in [0, 0.1) is 10.6 Å². The van der Waals surface area contributed by atoms with E-state index in [9.17, 15) is 19.1 Å². The van der Waals surface area contributed by atoms with Gasteiger partial charge < -0.3 is 10.0 Å². The van der Waals surface area contributed by atoms with Gasteiger partial charge in [0.25, 0.3) is 5.56 Å². The number of carbonyl (C=O) groups is 1. The smallest absolute Gasteiger partial charge is 0.261 e. The number of aromatic nitrogens is 2. The molecule has 2 aromatic carbocycles. The van der Waals surface area contributed by atoms with Gasteiger partial charge in [0, 0.05) is 13.5 Å². The summed E-state index contributed by atoms with van der Waals surface area (Å²) in [7, 11) is 0. The molecule has 3 aromatic rings. The molecule has 6 nitrogen and oxygen atoms in total. The van der Waals surface area contributed by atoms with Crippen LogP contribution in [0.4, 0.5) is 4.39 Å². The van der Waals surface area contributed by atoms with Gasteiger partial charge in [-0.3, -0.25) is 19.1 Å². The Balaban J connectivity index is 2.02. The summed E-state index contributed by atoms with van der Waals surface area (Å²) < 4.78 is 14.9. The van der Waals surface area contributed by atoms with Gasteiger partial charge in [0.15, 0.2) is 4.77 Å². The van der Waals surface area contributed by atoms with E-state index in [1.807, 2.05) is 24.3 Å². The Morgan fingerprint density at radius 1 is 1.24 bits per heavy atom. The highest BCUT2D eigenvalue weighted by molar-refractivity contribution is 7.71. The van der Waals surface area contributed by atoms with Crippen molar-refractivity contribution >= 4 is 18.1 Å². The van der Waals surface area contributed by atoms with Gasteiger partial charge in [0.1, 0.15) is 11.4 Å². The molecule has 2 heterocycles. The third-order valence-corrected chi connectivity index (χ3v) is 5.43. The number of hydrogen-bond donors (Lipinski definition) is 2. The standard InChI is InChI=1S/C21H18FN3O3S/c1-12(26)24-10-9-13-5-2-3-8-16(13)18(24)17-19(27)23-21(29)25(20(17)28)15-7-4-6-14(22)11-15/h2-8,11,18,28H,9-10H2,1H3,(H,23,27,29)/t18-/m0/s1. The average Bonchev–Trinajstić information content (AvgIpc) is 2.67. The summed E-state index contributed by atoms with van der Waals surface area (Å²) in [5, 5.41) is 11.1. The zero-order valence-corrected chi connectivity index (χ0v) is 16.4. The van der Waals surface area contributed by atoms with E-state index < -0.39 is 23.3 Å². The summed E-state index contributed by atoms with van der Waals surface area (Å²) in [6.45, 7) is 1.83. The van der Waals surface area contributed by atoms with Gasteiger partial charge in [0.2, 0.25) is 11.8 Å². The van der Waals surface area contributed by atoms with Crippen molar-refractivity contribution in [1.82, 2.24) is 14.5 Å². The molecule has 0 bridgehead atoms. The first-order valence-corrected chi connectivity index (χ1v) is 9.48. The lowest BCUT2D eigenvalue weighted by atomic mass is 9.89. The number of hydrogen-bond acceptors (Lipinski definition) is 4. The van der Waals surface area contributed by atoms with E-state index in [0.717, 1.165) is 11.1 Å². The Bertz CT molecular complexity index is 1230. The van der Waals surface area contributed by atoms with Crippen molar-refractivity contribution in [3.8, 4) is 11.6 Å². The minimum Gasteiger partial charge on any atom is -0.494 e. The fraction of sp³-hybridized carbons (Fsp3) is 0.190. The maximum atomic E-state index is 13.8. The molecule has 1 amide bonds. The molecule has 1 aromatic heterocycles. The molecule has 2 N–H and O–H groups in total. The molecule has 4 rings (SSSR count). The molecule has 29 heavy (non-hydrogen) atoms. The van der Waals surface area contributed by atoms with Crippen LogP contribution in [-0.2, 0) is 11.2 Å². The highest BCUT2D eigenvalue weighted by Gasteiger charge is 2.35. The van der Waals surface area contributed by atoms with Crippen molar-refractivity contribution in [2.45, 2.75) is 19.4 Å². The quantitative estimate of drug-likeness (QED) is 0.635. The largest absolute Gasteiger partial charge is 0.494 e. The summed E-state index contributed by atoms with van der Waals surface area (Å²) in [5.41, 5.74) is 1.42. The molecule has 0 spiro atoms. The molecule has 0 radical (unpaired) electrons. The zero-order valence-electron chi connectivity index (χ0n) is 15.6. The first-order chi connectivity index (χ1) is 13.9. The van der Waals surface area contributed by atoms with Crippen LogP contribution in [0.5, 0.6) is 5.88 Å². The van der Waals surface area contributed by atoms with Crippen molar-refractivity contribution in [2.75, 3.05) is 6.54 Å². The minimum atomic E-state index is -0.781. The number of nitrogens with one attached hydrogen (secondary N) is 1. The molecular formula is C21H18FN3O3S. The van der Waals surface area contributed by atoms with Crippen molar-refractivity contribution in [3.63, 3.8) is 0 Å². The van der Waals surface area contributed by atoms with E-state index in [1.54, 1.807) is 11.0 Å². The van der Waals surface area contributed by atoms with Crippen molar-refractivity contribution in [3.05, 3.63) is 86.2 Å². The van der Waals surface area contributed by atoms with E-state index in [2.05, 4.69) is 4.98 Å². The fourth-order valence-electron chi connectivity index (χ4n) is 3.86. The predicted octanol–water partition coefficient (Wildman–Crippen LogP) is 3.23. The lowest BCUT2D eigenvalue weighted by molar-refractivity contribution is -0.130. The van der Waals surface area contributed by atoms with Gasteiger partial charge in [0.05, 0.1) is 11.7 Å². The number of fused-ring (bicyclic) bond motifs is 1. The van der Waals surface area contributed by atoms with Gasteiger partial charge in [-0.25, -0.2) is 4.39 Å². The summed E-state index contributed by atoms with van der Waals surface area (Å²) in [4.78, 5) is 29.3. The van der Waals surface area contributed by atoms with Crippen LogP contribution in [-0.4, -0.2) is 32.0 Å². The summed E-state index contributed by atoms with van der Waals surface area (Å²) in [6.07, 6.45) is 0.647. The number of rotatable bonds is 2. The van der Waals surface area contributed by atoms with E-state index in [0.29, 0.717) is 13.0 Å². The maximum absolute atomic E-state index is 13.8. The Labute approximate surface area is 170 Å². The number of aromatic hydroxyl groups is 1. The predicted molar refractivity (Wildman–Crippen MR) is 108 cm³/mol. The molecule has 0 unspecified atom stereocenters. The summed E-state index contributed by atoms with van der Waals surface area (Å²) in [5.74, 6) is -1.15. The van der Waals surface area contributed by atoms with Crippen molar-refractivity contribution in [1.29, 1.82) is 0 Å². The lowest BCUT2D eigenvalue weighted by Gasteiger charge is -2.37. The second-order valence-electron chi connectivity index (χ2n) is 6.88. The van der Waals surface area contributed by atoms with Gasteiger partial charge in [-0.2, -0.15) is 0 Å². The number of halogens is 1. The molecular weight excluding hydrogens is 393 g/mol. The average molecular weight is 411 g/mol. The highest BCUT2D eigenvalue weighted by atomic mass is 32.1. The van der Waals surface area contributed by atoms with Crippen LogP contribution in [0.25, 0.3) is 5.69 Å². The molecule has 0 saturated heterocycles. The fourth-order valence-corrected chi connectivity index (χ4v) is 4.14. The molecule has 0 aliphatic carbocycles. The van der Waals surface area contributed by atoms with Crippen LogP contribution >= 0.6 is 12.2 Å². The first kappa shape index (κ1) is 19.1. The minimum absolute atomic E-state index is 0.00906. The van der Waals surface area contributed by atoms with E-state index in [-0.39, 0.29) is 21.9 Å². The van der Waals surface area contributed by atoms with Gasteiger partial charge in [-0.05, 0) is 48.0 Å². The second kappa shape index (κ2) is 7.29. The monoisotopic (exact) mass is 411 g/mol. The van der Waals surface area contributed by atoms with Crippen molar-refractivity contribution < 1.29 is 14.3 Å². The lowest BCUT2D eigenvalue weighted by Crippen LogP contribution is -2.41. The summed E-state index contributed by atoms with van der Waals surface area (Å²) in [6, 6.07) is 12.2. The third-order valence-electron chi connectivity index (χ3n) is 5.15. The zero-order chi connectivity index (χ0) is 20.7. The van der Waals surface area contributed by atoms with Crippen LogP contribution in [0.15, 0.2) is 53.3 Å². The SMILES string of the molecule is CC(=O)N1CCc2ccccc2[C@H]1c1c(O)n(-c2cccc(F)c2)c(=S)[nH]c1=O. The summed E-state index contributed by atoms with van der Waals surface area (Å²) >= 11 is 5.22. The second-order valence-corrected chi connectivity index (χ2v) is 7.26. The van der Waals surface area contributed by atoms with Gasteiger partial charge in [-0.1, -0.05) is 30.3 Å². The number of amides is 1. The molecule has 0 fully saturated rings.